The third kappa shape index (κ3) is 3.54. The molecule has 2 fully saturated rings. The van der Waals surface area contributed by atoms with Gasteiger partial charge in [0.1, 0.15) is 6.04 Å². The second-order valence-electron chi connectivity index (χ2n) is 7.49. The van der Waals surface area contributed by atoms with Crippen molar-refractivity contribution in [2.24, 2.45) is 0 Å². The molecule has 146 valence electrons. The summed E-state index contributed by atoms with van der Waals surface area (Å²) in [6, 6.07) is 19.2. The largest absolute Gasteiger partial charge is 0.464 e. The first-order chi connectivity index (χ1) is 13.7. The van der Waals surface area contributed by atoms with Gasteiger partial charge in [-0.2, -0.15) is 0 Å². The molecule has 0 saturated carbocycles. The minimum atomic E-state index is -0.568. The minimum Gasteiger partial charge on any atom is -0.464 e. The number of ether oxygens (including phenoxy) is 1. The molecule has 0 unspecified atom stereocenters. The van der Waals surface area contributed by atoms with Crippen LogP contribution in [0.5, 0.6) is 0 Å². The maximum atomic E-state index is 13.8. The molecule has 3 atom stereocenters. The third-order valence-corrected chi connectivity index (χ3v) is 5.73. The zero-order chi connectivity index (χ0) is 19.5. The van der Waals surface area contributed by atoms with Gasteiger partial charge in [0.2, 0.25) is 5.91 Å². The quantitative estimate of drug-likeness (QED) is 0.813. The van der Waals surface area contributed by atoms with Crippen molar-refractivity contribution < 1.29 is 14.3 Å². The minimum absolute atomic E-state index is 0.0334. The van der Waals surface area contributed by atoms with E-state index in [-0.39, 0.29) is 24.0 Å². The Morgan fingerprint density at radius 3 is 2.21 bits per heavy atom. The Morgan fingerprint density at radius 2 is 1.64 bits per heavy atom. The lowest BCUT2D eigenvalue weighted by molar-refractivity contribution is -0.158. The Bertz CT molecular complexity index is 785. The van der Waals surface area contributed by atoms with Crippen LogP contribution in [-0.2, 0) is 14.3 Å². The Labute approximate surface area is 165 Å². The summed E-state index contributed by atoms with van der Waals surface area (Å²) in [5.41, 5.74) is 1.87. The van der Waals surface area contributed by atoms with E-state index in [1.165, 1.54) is 0 Å². The van der Waals surface area contributed by atoms with E-state index in [0.29, 0.717) is 13.2 Å². The third-order valence-electron chi connectivity index (χ3n) is 5.73. The van der Waals surface area contributed by atoms with E-state index >= 15 is 0 Å². The number of benzene rings is 2. The number of hydrogen-bond acceptors (Lipinski definition) is 4. The highest BCUT2D eigenvalue weighted by molar-refractivity contribution is 5.91. The molecule has 28 heavy (non-hydrogen) atoms. The lowest BCUT2D eigenvalue weighted by atomic mass is 9.89. The van der Waals surface area contributed by atoms with Crippen LogP contribution in [0.1, 0.15) is 36.8 Å². The molecular formula is C23H26N2O3. The van der Waals surface area contributed by atoms with Crippen molar-refractivity contribution in [2.45, 2.75) is 43.8 Å². The summed E-state index contributed by atoms with van der Waals surface area (Å²) < 4.78 is 5.33. The topological polar surface area (TPSA) is 58.6 Å². The number of carbonyl (C=O) groups excluding carboxylic acids is 2. The first-order valence-electron chi connectivity index (χ1n) is 10.0. The molecule has 0 aliphatic carbocycles. The molecule has 5 nitrogen and oxygen atoms in total. The fraction of sp³-hybridized carbons (Fsp3) is 0.391. The van der Waals surface area contributed by atoms with Gasteiger partial charge in [-0.1, -0.05) is 60.7 Å². The average Bonchev–Trinajstić information content (AvgIpc) is 3.10. The van der Waals surface area contributed by atoms with Crippen molar-refractivity contribution in [3.05, 3.63) is 71.8 Å². The zero-order valence-corrected chi connectivity index (χ0v) is 16.1. The van der Waals surface area contributed by atoms with Crippen molar-refractivity contribution in [3.8, 4) is 0 Å². The monoisotopic (exact) mass is 378 g/mol. The van der Waals surface area contributed by atoms with Gasteiger partial charge in [-0.3, -0.25) is 4.79 Å². The van der Waals surface area contributed by atoms with E-state index < -0.39 is 12.0 Å². The Hall–Kier alpha value is -2.66. The van der Waals surface area contributed by atoms with Crippen molar-refractivity contribution >= 4 is 11.9 Å². The molecule has 2 saturated heterocycles. The van der Waals surface area contributed by atoms with E-state index in [1.54, 1.807) is 11.8 Å². The molecule has 2 aliphatic rings. The number of fused-ring (bicyclic) bond motifs is 2. The number of nitrogens with zero attached hydrogens (tertiary/aromatic N) is 1. The Kier molecular flexibility index (Phi) is 5.44. The molecule has 2 bridgehead atoms. The van der Waals surface area contributed by atoms with Crippen LogP contribution in [0.3, 0.4) is 0 Å². The highest BCUT2D eigenvalue weighted by Crippen LogP contribution is 2.32. The van der Waals surface area contributed by atoms with Crippen molar-refractivity contribution in [1.29, 1.82) is 0 Å². The number of hydrogen-bond donors (Lipinski definition) is 1. The number of esters is 1. The molecule has 0 spiro atoms. The molecule has 2 heterocycles. The maximum Gasteiger partial charge on any atom is 0.330 e. The van der Waals surface area contributed by atoms with Gasteiger partial charge in [0, 0.05) is 18.6 Å². The summed E-state index contributed by atoms with van der Waals surface area (Å²) in [4.78, 5) is 28.3. The number of amides is 1. The highest BCUT2D eigenvalue weighted by atomic mass is 16.5. The predicted octanol–water partition coefficient (Wildman–Crippen LogP) is 2.71. The van der Waals surface area contributed by atoms with Gasteiger partial charge in [0.25, 0.3) is 0 Å². The number of rotatable bonds is 5. The fourth-order valence-corrected chi connectivity index (χ4v) is 4.49. The molecule has 2 aromatic rings. The highest BCUT2D eigenvalue weighted by Gasteiger charge is 2.48. The lowest BCUT2D eigenvalue weighted by Crippen LogP contribution is -2.63. The molecular weight excluding hydrogens is 352 g/mol. The number of nitrogens with one attached hydrogen (secondary N) is 1. The van der Waals surface area contributed by atoms with Gasteiger partial charge >= 0.3 is 5.97 Å². The lowest BCUT2D eigenvalue weighted by Gasteiger charge is -2.41. The van der Waals surface area contributed by atoms with Crippen LogP contribution in [0, 0.1) is 0 Å². The first-order valence-corrected chi connectivity index (χ1v) is 10.0. The van der Waals surface area contributed by atoms with E-state index in [4.69, 9.17) is 4.74 Å². The number of piperazine rings is 1. The van der Waals surface area contributed by atoms with Crippen molar-refractivity contribution in [1.82, 2.24) is 10.2 Å². The summed E-state index contributed by atoms with van der Waals surface area (Å²) in [5.74, 6) is -0.778. The van der Waals surface area contributed by atoms with Crippen LogP contribution in [-0.4, -0.2) is 48.1 Å². The molecule has 5 heteroatoms. The number of carbonyl (C=O) groups is 2. The van der Waals surface area contributed by atoms with E-state index in [0.717, 1.165) is 24.0 Å². The van der Waals surface area contributed by atoms with Crippen LogP contribution < -0.4 is 5.32 Å². The fourth-order valence-electron chi connectivity index (χ4n) is 4.49. The summed E-state index contributed by atoms with van der Waals surface area (Å²) in [6.07, 6.45) is 1.87. The van der Waals surface area contributed by atoms with E-state index in [1.807, 2.05) is 60.7 Å². The molecule has 2 aliphatic heterocycles. The summed E-state index contributed by atoms with van der Waals surface area (Å²) in [7, 11) is 0. The van der Waals surface area contributed by atoms with E-state index in [9.17, 15) is 9.59 Å². The Balaban J connectivity index is 1.71. The smallest absolute Gasteiger partial charge is 0.330 e. The van der Waals surface area contributed by atoms with Gasteiger partial charge in [0.15, 0.2) is 0 Å². The predicted molar refractivity (Wildman–Crippen MR) is 107 cm³/mol. The summed E-state index contributed by atoms with van der Waals surface area (Å²) in [5, 5.41) is 3.49. The second kappa shape index (κ2) is 8.15. The van der Waals surface area contributed by atoms with Gasteiger partial charge in [0.05, 0.1) is 12.5 Å². The molecule has 2 aromatic carbocycles. The van der Waals surface area contributed by atoms with Gasteiger partial charge < -0.3 is 15.0 Å². The Morgan fingerprint density at radius 1 is 1.04 bits per heavy atom. The molecule has 0 aromatic heterocycles. The van der Waals surface area contributed by atoms with Crippen LogP contribution in [0.2, 0.25) is 0 Å². The van der Waals surface area contributed by atoms with Crippen molar-refractivity contribution in [3.63, 3.8) is 0 Å². The normalized spacial score (nSPS) is 23.6. The maximum absolute atomic E-state index is 13.8. The molecule has 4 rings (SSSR count). The summed E-state index contributed by atoms with van der Waals surface area (Å²) in [6.45, 7) is 2.65. The number of likely N-dealkylation sites (tertiary alicyclic amines) is 1. The second-order valence-corrected chi connectivity index (χ2v) is 7.49. The average molecular weight is 378 g/mol. The molecule has 1 N–H and O–H groups in total. The molecule has 0 radical (unpaired) electrons. The standard InChI is InChI=1S/C23H26N2O3/c1-2-28-23(27)21-19-14-13-18(24-19)15-25(21)22(26)20(16-9-5-3-6-10-16)17-11-7-4-8-12-17/h3-12,18-21,24H,2,13-15H2,1H3/t18-,19+,21+/m0/s1. The SMILES string of the molecule is CCOC(=O)[C@H]1[C@H]2CC[C@@H](CN1C(=O)C(c1ccccc1)c1ccccc1)N2. The van der Waals surface area contributed by atoms with E-state index in [2.05, 4.69) is 5.32 Å². The van der Waals surface area contributed by atoms with Crippen LogP contribution >= 0.6 is 0 Å². The van der Waals surface area contributed by atoms with Crippen LogP contribution in [0.15, 0.2) is 60.7 Å². The van der Waals surface area contributed by atoms with Gasteiger partial charge in [-0.05, 0) is 30.9 Å². The molecule has 1 amide bonds. The van der Waals surface area contributed by atoms with Crippen LogP contribution in [0.4, 0.5) is 0 Å². The zero-order valence-electron chi connectivity index (χ0n) is 16.1. The van der Waals surface area contributed by atoms with Gasteiger partial charge in [-0.25, -0.2) is 4.79 Å². The first kappa shape index (κ1) is 18.7. The van der Waals surface area contributed by atoms with Crippen LogP contribution in [0.25, 0.3) is 0 Å². The van der Waals surface area contributed by atoms with Gasteiger partial charge in [-0.15, -0.1) is 0 Å². The van der Waals surface area contributed by atoms with Crippen molar-refractivity contribution in [2.75, 3.05) is 13.2 Å². The summed E-state index contributed by atoms with van der Waals surface area (Å²) >= 11 is 0.